The average molecular weight is 562 g/mol. The van der Waals surface area contributed by atoms with Crippen molar-refractivity contribution in [3.8, 4) is 5.75 Å². The monoisotopic (exact) mass is 561 g/mol. The number of hydrogen-bond acceptors (Lipinski definition) is 4. The molecule has 7 rings (SSSR count). The average Bonchev–Trinajstić information content (AvgIpc) is 2.90. The fourth-order valence-corrected chi connectivity index (χ4v) is 11.3. The van der Waals surface area contributed by atoms with Gasteiger partial charge in [0.2, 0.25) is 0 Å². The van der Waals surface area contributed by atoms with Crippen molar-refractivity contribution in [2.24, 2.45) is 29.1 Å². The van der Waals surface area contributed by atoms with Crippen molar-refractivity contribution in [3.05, 3.63) is 76.9 Å². The summed E-state index contributed by atoms with van der Waals surface area (Å²) >= 11 is 0. The maximum atomic E-state index is 10.9. The second-order valence-electron chi connectivity index (χ2n) is 13.7. The zero-order valence-corrected chi connectivity index (χ0v) is 25.7. The minimum Gasteiger partial charge on any atom is -0.508 e. The van der Waals surface area contributed by atoms with Gasteiger partial charge in [-0.3, -0.25) is 0 Å². The molecule has 2 nitrogen and oxygen atoms in total. The summed E-state index contributed by atoms with van der Waals surface area (Å²) < 4.78 is 0. The molecule has 2 heterocycles. The fourth-order valence-electron chi connectivity index (χ4n) is 8.53. The van der Waals surface area contributed by atoms with E-state index in [0.717, 1.165) is 42.8 Å². The topological polar surface area (TPSA) is 32.3 Å². The molecule has 210 valence electrons. The zero-order chi connectivity index (χ0) is 27.0. The molecule has 0 amide bonds. The van der Waals surface area contributed by atoms with E-state index in [1.165, 1.54) is 60.1 Å². The SMILES string of the molecule is CC1CC=CC(C)(C2CC3CSSCC(C)NC4CCC(c5cc(O)cc(c5)CC(C3)C2)c2ccccc24)C1. The number of fused-ring (bicyclic) bond motifs is 6. The largest absolute Gasteiger partial charge is 0.508 e. The highest BCUT2D eigenvalue weighted by molar-refractivity contribution is 8.76. The number of phenols is 1. The van der Waals surface area contributed by atoms with Crippen molar-refractivity contribution < 1.29 is 5.11 Å². The van der Waals surface area contributed by atoms with E-state index in [-0.39, 0.29) is 0 Å². The van der Waals surface area contributed by atoms with Gasteiger partial charge in [-0.05, 0) is 122 Å². The Morgan fingerprint density at radius 2 is 1.72 bits per heavy atom. The molecule has 0 spiro atoms. The van der Waals surface area contributed by atoms with E-state index in [0.29, 0.717) is 35.1 Å². The molecule has 4 heteroatoms. The number of allylic oxidation sites excluding steroid dienone is 2. The first-order valence-corrected chi connectivity index (χ1v) is 17.9. The molecule has 0 saturated heterocycles. The molecule has 1 fully saturated rings. The molecule has 2 aliphatic heterocycles. The van der Waals surface area contributed by atoms with E-state index in [2.05, 4.69) is 96.2 Å². The highest BCUT2D eigenvalue weighted by atomic mass is 33.1. The van der Waals surface area contributed by atoms with Crippen LogP contribution in [0.3, 0.4) is 0 Å². The highest BCUT2D eigenvalue weighted by Crippen LogP contribution is 2.51. The van der Waals surface area contributed by atoms with E-state index in [9.17, 15) is 5.11 Å². The van der Waals surface area contributed by atoms with Crippen LogP contribution in [0.25, 0.3) is 0 Å². The molecular weight excluding hydrogens is 515 g/mol. The number of nitrogens with one attached hydrogen (secondary N) is 1. The number of aromatic hydroxyl groups is 1. The lowest BCUT2D eigenvalue weighted by Gasteiger charge is -2.46. The molecule has 39 heavy (non-hydrogen) atoms. The minimum atomic E-state index is 0.330. The van der Waals surface area contributed by atoms with Crippen LogP contribution in [0.4, 0.5) is 0 Å². The standard InChI is InChI=1S/C35H47NOS2/c1-23-7-6-12-35(3,20-23)29-16-25-13-26-15-28(19-30(37)18-26)31-10-11-34(33-9-5-4-8-32(31)33)36-24(2)21-38-39-22-27(14-25)17-29/h4-6,8-9,12,15,18-19,23-25,27,29,31,34,36-37H,7,10-11,13-14,16-17,20-22H2,1-3H3. The first kappa shape index (κ1) is 27.8. The third-order valence-corrected chi connectivity index (χ3v) is 13.0. The second kappa shape index (κ2) is 11.9. The lowest BCUT2D eigenvalue weighted by molar-refractivity contribution is 0.0932. The predicted octanol–water partition coefficient (Wildman–Crippen LogP) is 9.30. The van der Waals surface area contributed by atoms with Gasteiger partial charge in [0, 0.05) is 29.5 Å². The smallest absolute Gasteiger partial charge is 0.116 e. The first-order chi connectivity index (χ1) is 18.9. The van der Waals surface area contributed by atoms with Crippen LogP contribution in [0.2, 0.25) is 0 Å². The molecule has 0 aromatic heterocycles. The molecule has 8 unspecified atom stereocenters. The Bertz CT molecular complexity index is 1180. The number of rotatable bonds is 1. The van der Waals surface area contributed by atoms with E-state index in [4.69, 9.17) is 0 Å². The van der Waals surface area contributed by atoms with Crippen molar-refractivity contribution in [3.63, 3.8) is 0 Å². The Kier molecular flexibility index (Phi) is 8.45. The van der Waals surface area contributed by atoms with E-state index < -0.39 is 0 Å². The summed E-state index contributed by atoms with van der Waals surface area (Å²) in [7, 11) is 4.20. The van der Waals surface area contributed by atoms with Crippen molar-refractivity contribution >= 4 is 21.6 Å². The van der Waals surface area contributed by atoms with E-state index in [1.807, 2.05) is 6.07 Å². The van der Waals surface area contributed by atoms with Crippen molar-refractivity contribution in [2.75, 3.05) is 11.5 Å². The van der Waals surface area contributed by atoms with Crippen LogP contribution < -0.4 is 5.32 Å². The van der Waals surface area contributed by atoms with Gasteiger partial charge in [0.05, 0.1) is 0 Å². The van der Waals surface area contributed by atoms with Gasteiger partial charge in [0.1, 0.15) is 5.75 Å². The molecular formula is C35H47NOS2. The predicted molar refractivity (Wildman–Crippen MR) is 170 cm³/mol. The van der Waals surface area contributed by atoms with Gasteiger partial charge in [-0.2, -0.15) is 0 Å². The van der Waals surface area contributed by atoms with Gasteiger partial charge in [0.25, 0.3) is 0 Å². The molecule has 2 aromatic rings. The Hall–Kier alpha value is -1.36. The Morgan fingerprint density at radius 3 is 2.56 bits per heavy atom. The van der Waals surface area contributed by atoms with E-state index >= 15 is 0 Å². The van der Waals surface area contributed by atoms with Crippen LogP contribution in [-0.2, 0) is 6.42 Å². The normalized spacial score (nSPS) is 37.2. The Balaban J connectivity index is 1.33. The van der Waals surface area contributed by atoms with Gasteiger partial charge in [0.15, 0.2) is 0 Å². The molecule has 0 radical (unpaired) electrons. The van der Waals surface area contributed by atoms with Crippen molar-refractivity contribution in [1.82, 2.24) is 5.32 Å². The van der Waals surface area contributed by atoms with Crippen LogP contribution in [0.1, 0.15) is 99.9 Å². The fraction of sp³-hybridized carbons (Fsp3) is 0.600. The molecule has 2 aromatic carbocycles. The van der Waals surface area contributed by atoms with Gasteiger partial charge in [-0.25, -0.2) is 0 Å². The van der Waals surface area contributed by atoms with Gasteiger partial charge >= 0.3 is 0 Å². The van der Waals surface area contributed by atoms with Crippen LogP contribution >= 0.6 is 21.6 Å². The highest BCUT2D eigenvalue weighted by Gasteiger charge is 2.41. The molecule has 8 atom stereocenters. The summed E-state index contributed by atoms with van der Waals surface area (Å²) in [6, 6.07) is 16.5. The summed E-state index contributed by atoms with van der Waals surface area (Å²) in [5.74, 6) is 6.24. The maximum Gasteiger partial charge on any atom is 0.116 e. The third kappa shape index (κ3) is 6.28. The minimum absolute atomic E-state index is 0.330. The lowest BCUT2D eigenvalue weighted by atomic mass is 9.60. The van der Waals surface area contributed by atoms with Crippen LogP contribution in [0, 0.1) is 29.1 Å². The third-order valence-electron chi connectivity index (χ3n) is 10.3. The summed E-state index contributed by atoms with van der Waals surface area (Å²) in [5, 5.41) is 14.9. The van der Waals surface area contributed by atoms with E-state index in [1.54, 1.807) is 0 Å². The maximum absolute atomic E-state index is 10.9. The van der Waals surface area contributed by atoms with Gasteiger partial charge < -0.3 is 10.4 Å². The Morgan fingerprint density at radius 1 is 0.923 bits per heavy atom. The summed E-state index contributed by atoms with van der Waals surface area (Å²) in [4.78, 5) is 0. The first-order valence-electron chi connectivity index (χ1n) is 15.5. The van der Waals surface area contributed by atoms with Crippen LogP contribution in [0.15, 0.2) is 54.6 Å². The molecule has 6 bridgehead atoms. The van der Waals surface area contributed by atoms with Gasteiger partial charge in [-0.1, -0.05) is 77.9 Å². The van der Waals surface area contributed by atoms with Crippen molar-refractivity contribution in [1.29, 1.82) is 0 Å². The number of phenolic OH excluding ortho intramolecular Hbond substituents is 1. The summed E-state index contributed by atoms with van der Waals surface area (Å²) in [6.45, 7) is 7.35. The zero-order valence-electron chi connectivity index (χ0n) is 24.1. The van der Waals surface area contributed by atoms with Crippen LogP contribution in [0.5, 0.6) is 5.75 Å². The van der Waals surface area contributed by atoms with Gasteiger partial charge in [-0.15, -0.1) is 0 Å². The lowest BCUT2D eigenvalue weighted by Crippen LogP contribution is -2.37. The molecule has 5 aliphatic rings. The molecule has 3 aliphatic carbocycles. The summed E-state index contributed by atoms with van der Waals surface area (Å²) in [5.41, 5.74) is 5.87. The second-order valence-corrected chi connectivity index (χ2v) is 16.2. The van der Waals surface area contributed by atoms with Crippen molar-refractivity contribution in [2.45, 2.75) is 90.1 Å². The number of hydrogen-bond donors (Lipinski definition) is 2. The Labute approximate surface area is 244 Å². The molecule has 1 saturated carbocycles. The van der Waals surface area contributed by atoms with Crippen LogP contribution in [-0.4, -0.2) is 22.7 Å². The molecule has 2 N–H and O–H groups in total. The summed E-state index contributed by atoms with van der Waals surface area (Å²) in [6.07, 6.45) is 15.0. The number of benzene rings is 2. The quantitative estimate of drug-likeness (QED) is 0.268.